The van der Waals surface area contributed by atoms with E-state index in [1.807, 2.05) is 132 Å². The molecule has 1 aliphatic heterocycles. The maximum absolute atomic E-state index is 13.9. The van der Waals surface area contributed by atoms with Crippen molar-refractivity contribution in [2.75, 3.05) is 6.61 Å². The van der Waals surface area contributed by atoms with Crippen molar-refractivity contribution in [2.45, 2.75) is 153 Å². The molecule has 91 heavy (non-hydrogen) atoms. The van der Waals surface area contributed by atoms with E-state index < -0.39 is 86.2 Å². The fourth-order valence-electron chi connectivity index (χ4n) is 16.5. The van der Waals surface area contributed by atoms with Crippen molar-refractivity contribution in [3.63, 3.8) is 0 Å². The third-order valence-corrected chi connectivity index (χ3v) is 37.9. The first kappa shape index (κ1) is 74.2. The van der Waals surface area contributed by atoms with Crippen molar-refractivity contribution >= 4 is 157 Å². The maximum atomic E-state index is 13.9. The van der Waals surface area contributed by atoms with Crippen LogP contribution in [0.3, 0.4) is 0 Å². The lowest BCUT2D eigenvalue weighted by atomic mass is 9.52. The van der Waals surface area contributed by atoms with E-state index in [0.717, 1.165) is 22.3 Å². The summed E-state index contributed by atoms with van der Waals surface area (Å²) in [7, 11) is 14.8. The Bertz CT molecular complexity index is 3850. The minimum atomic E-state index is -1.90. The van der Waals surface area contributed by atoms with E-state index in [9.17, 15) is 39.6 Å². The number of hydrogen-bond acceptors (Lipinski definition) is 17. The zero-order valence-electron chi connectivity index (χ0n) is 52.1. The van der Waals surface area contributed by atoms with Gasteiger partial charge in [-0.05, 0) is 85.8 Å². The summed E-state index contributed by atoms with van der Waals surface area (Å²) < 4.78 is 19.1. The van der Waals surface area contributed by atoms with Crippen LogP contribution in [-0.2, 0) is 173 Å². The van der Waals surface area contributed by atoms with Gasteiger partial charge >= 0.3 is 11.9 Å². The van der Waals surface area contributed by atoms with Crippen LogP contribution in [-0.4, -0.2) is 89.8 Å². The average Bonchev–Trinajstić information content (AvgIpc) is 1.49. The van der Waals surface area contributed by atoms with Gasteiger partial charge in [-0.2, -0.15) is 5.11 Å². The number of carbonyl (C=O) groups excluding carboxylic acids is 4. The SMILES string of the molecule is CC(=O)O[C@@]12C[C@@H](C)[C@@]3(O)[C@@H](C=C(COC(c4ccccc4)(c4ccccc4)c4ccccc4)C[C@]4(O)C(=O)C(C)=C[C@@H]34)[C@@H]1C(C)(C)N=N2.CCC1=C[C@H]2[C@@H]3C(C)(C)[C@]3(OC(C)=O)C[C@@H](C)[C@]2(O)[C@@H]2C=C(C)C(=O)[C@@]2(O)C1.S=S=S=S=S=S.S=S=S=S=S=S=S=S. The molecule has 0 spiro atoms. The second-order valence-electron chi connectivity index (χ2n) is 25.8. The van der Waals surface area contributed by atoms with Crippen molar-refractivity contribution < 1.29 is 53.8 Å². The molecule has 0 unspecified atom stereocenters. The molecule has 3 saturated carbocycles. The van der Waals surface area contributed by atoms with Gasteiger partial charge in [-0.3, -0.25) is 19.2 Å². The zero-order chi connectivity index (χ0) is 66.8. The Morgan fingerprint density at radius 3 is 1.38 bits per heavy atom. The van der Waals surface area contributed by atoms with Crippen LogP contribution in [0, 0.1) is 52.8 Å². The molecule has 1 heterocycles. The molecular weight excluding hydrogens is 1420 g/mol. The smallest absolute Gasteiger partial charge is 0.304 e. The summed E-state index contributed by atoms with van der Waals surface area (Å²) in [6.07, 6.45) is 9.22. The Labute approximate surface area is 581 Å². The van der Waals surface area contributed by atoms with E-state index in [-0.39, 0.29) is 60.8 Å². The lowest BCUT2D eigenvalue weighted by molar-refractivity contribution is -0.225. The number of rotatable bonds is 9. The van der Waals surface area contributed by atoms with Crippen LogP contribution < -0.4 is 0 Å². The highest BCUT2D eigenvalue weighted by atomic mass is 33.4. The van der Waals surface area contributed by atoms with E-state index in [1.165, 1.54) is 67.1 Å². The largest absolute Gasteiger partial charge is 0.458 e. The molecule has 4 N–H and O–H groups in total. The van der Waals surface area contributed by atoms with E-state index in [0.29, 0.717) is 29.6 Å². The number of ether oxygens (including phenoxy) is 3. The van der Waals surface area contributed by atoms with Crippen molar-refractivity contribution in [3.8, 4) is 0 Å². The Morgan fingerprint density at radius 2 is 0.967 bits per heavy atom. The molecule has 3 aromatic carbocycles. The van der Waals surface area contributed by atoms with Gasteiger partial charge in [-0.25, -0.2) is 0 Å². The van der Waals surface area contributed by atoms with E-state index >= 15 is 0 Å². The standard InChI is InChI=1S/C41H44N2O6.C23H32O5.S8.S6/c1-26-21-34-38(46,36(26)45)24-29(22-33-35-37(4,5)42-43-39(35,49-28(3)44)23-27(2)40(33,34)47)25-48-41(30-15-9-6-10-16-30,31-17-11-7-12-18-31)32-19-13-8-14-20-32;1-7-15-9-16-18-20(5,6)22(18,28-14(4)24)10-13(3)23(16,27)17-8-12(2)19(25)21(17,26)11-15;1-3-5-7-8-6-4-2;1-3-5-6-4-2/h6-22,27,33-35,46-47H,23-25H2,1-5H3;8-9,13,16-18,26-27H,7,10-11H2,1-6H3;;/t27-,33+,34-,35-,38-,39+,40-;13-,16+,17-,18-,21-,22+,23-;;/m11../s1. The van der Waals surface area contributed by atoms with Crippen LogP contribution in [0.15, 0.2) is 148 Å². The third-order valence-electron chi connectivity index (χ3n) is 20.1. The molecule has 14 atom stereocenters. The summed E-state index contributed by atoms with van der Waals surface area (Å²) in [5.74, 6) is -5.39. The first-order valence-corrected chi connectivity index (χ1v) is 45.5. The Kier molecular flexibility index (Phi) is 24.1. The number of nitrogens with zero attached hydrogens (tertiary/aromatic N) is 2. The Hall–Kier alpha value is -2.62. The highest BCUT2D eigenvalue weighted by Crippen LogP contribution is 2.77. The number of aliphatic hydroxyl groups is 4. The van der Waals surface area contributed by atoms with Gasteiger partial charge < -0.3 is 34.6 Å². The van der Waals surface area contributed by atoms with Gasteiger partial charge in [0, 0.05) is 202 Å². The van der Waals surface area contributed by atoms with Crippen LogP contribution >= 0.6 is 0 Å². The summed E-state index contributed by atoms with van der Waals surface area (Å²) in [6, 6.07) is 30.0. The summed E-state index contributed by atoms with van der Waals surface area (Å²) in [4.78, 5) is 51.3. The van der Waals surface area contributed by atoms with Crippen molar-refractivity contribution in [2.24, 2.45) is 63.0 Å². The minimum absolute atomic E-state index is 0.0308. The number of azo groups is 1. The second kappa shape index (κ2) is 29.6. The van der Waals surface area contributed by atoms with Gasteiger partial charge in [0.25, 0.3) is 0 Å². The van der Waals surface area contributed by atoms with Crippen LogP contribution in [0.5, 0.6) is 0 Å². The van der Waals surface area contributed by atoms with Crippen molar-refractivity contribution in [1.29, 1.82) is 0 Å². The van der Waals surface area contributed by atoms with Crippen molar-refractivity contribution in [1.82, 2.24) is 0 Å². The molecule has 11 rings (SSSR count). The summed E-state index contributed by atoms with van der Waals surface area (Å²) in [6.45, 7) is 20.1. The molecule has 0 bridgehead atoms. The fourth-order valence-corrected chi connectivity index (χ4v) is 33.0. The summed E-state index contributed by atoms with van der Waals surface area (Å²) >= 11 is 18.2. The number of benzene rings is 3. The van der Waals surface area contributed by atoms with Crippen LogP contribution in [0.25, 0.3) is 0 Å². The monoisotopic (exact) mass is 1500 g/mol. The number of esters is 2. The van der Waals surface area contributed by atoms with E-state index in [4.69, 9.17) is 14.2 Å². The third kappa shape index (κ3) is 13.7. The predicted octanol–water partition coefficient (Wildman–Crippen LogP) is 9.62. The number of Topliss-reactive ketones (excluding diaryl/α,β-unsaturated/α-hetero) is 2. The molecule has 8 aliphatic rings. The lowest BCUT2D eigenvalue weighted by Crippen LogP contribution is -2.67. The molecule has 492 valence electrons. The zero-order valence-corrected chi connectivity index (χ0v) is 63.5. The minimum Gasteiger partial charge on any atom is -0.458 e. The van der Waals surface area contributed by atoms with Gasteiger partial charge in [0.2, 0.25) is 5.72 Å². The van der Waals surface area contributed by atoms with Gasteiger partial charge in [0.05, 0.1) is 29.3 Å². The first-order chi connectivity index (χ1) is 43.0. The number of fused-ring (bicyclic) bond motifs is 10. The lowest BCUT2D eigenvalue weighted by Gasteiger charge is -2.56. The van der Waals surface area contributed by atoms with E-state index in [2.05, 4.69) is 74.9 Å². The number of ketones is 2. The fraction of sp³-hybridized carbons (Fsp3) is 0.531. The molecule has 13 nitrogen and oxygen atoms in total. The van der Waals surface area contributed by atoms with Gasteiger partial charge in [0.15, 0.2) is 11.6 Å². The molecule has 7 aliphatic carbocycles. The molecule has 3 fully saturated rings. The molecule has 0 saturated heterocycles. The molecule has 3 aromatic rings. The quantitative estimate of drug-likeness (QED) is 0.0896. The molecular formula is C64H76N2O11S14. The van der Waals surface area contributed by atoms with Gasteiger partial charge in [-0.1, -0.05) is 155 Å². The summed E-state index contributed by atoms with van der Waals surface area (Å²) in [5, 5.41) is 58.4. The van der Waals surface area contributed by atoms with Crippen LogP contribution in [0.2, 0.25) is 0 Å². The molecule has 27 heteroatoms. The van der Waals surface area contributed by atoms with E-state index in [1.54, 1.807) is 61.5 Å². The van der Waals surface area contributed by atoms with Crippen LogP contribution in [0.4, 0.5) is 0 Å². The Morgan fingerprint density at radius 1 is 0.571 bits per heavy atom. The number of hydrogen-bond donors (Lipinski definition) is 4. The molecule has 0 radical (unpaired) electrons. The highest BCUT2D eigenvalue weighted by molar-refractivity contribution is 8.70. The molecule has 0 aromatic heterocycles. The first-order valence-electron chi connectivity index (χ1n) is 29.5. The van der Waals surface area contributed by atoms with Crippen LogP contribution in [0.1, 0.15) is 125 Å². The molecule has 0 amide bonds. The summed E-state index contributed by atoms with van der Waals surface area (Å²) in [5.41, 5.74) is -5.08. The highest BCUT2D eigenvalue weighted by Gasteiger charge is 2.83. The van der Waals surface area contributed by atoms with Gasteiger partial charge in [0.1, 0.15) is 22.4 Å². The van der Waals surface area contributed by atoms with Gasteiger partial charge in [-0.15, -0.1) is 5.11 Å². The van der Waals surface area contributed by atoms with Crippen molar-refractivity contribution in [3.05, 3.63) is 154 Å². The average molecular weight is 1500 g/mol. The number of carbonyl (C=O) groups is 4. The predicted molar refractivity (Wildman–Crippen MR) is 392 cm³/mol. The normalized spacial score (nSPS) is 33.7. The maximum Gasteiger partial charge on any atom is 0.304 e. The Balaban J connectivity index is 0.000000212. The topological polar surface area (TPSA) is 202 Å². The second-order valence-corrected chi connectivity index (χ2v) is 43.4.